The van der Waals surface area contributed by atoms with Gasteiger partial charge in [0.05, 0.1) is 11.3 Å². The maximum Gasteiger partial charge on any atom is 0.153 e. The fourth-order valence-corrected chi connectivity index (χ4v) is 2.48. The summed E-state index contributed by atoms with van der Waals surface area (Å²) in [6.07, 6.45) is 0. The van der Waals surface area contributed by atoms with E-state index in [1.807, 2.05) is 24.3 Å². The van der Waals surface area contributed by atoms with E-state index in [0.29, 0.717) is 16.9 Å². The molecule has 3 nitrogen and oxygen atoms in total. The lowest BCUT2D eigenvalue weighted by Crippen LogP contribution is -1.91. The highest BCUT2D eigenvalue weighted by Crippen LogP contribution is 2.35. The van der Waals surface area contributed by atoms with E-state index < -0.39 is 0 Å². The monoisotopic (exact) mass is 379 g/mol. The third-order valence-corrected chi connectivity index (χ3v) is 3.79. The van der Waals surface area contributed by atoms with E-state index in [2.05, 4.69) is 32.8 Å². The Morgan fingerprint density at radius 1 is 1.05 bits per heavy atom. The summed E-state index contributed by atoms with van der Waals surface area (Å²) in [6.45, 7) is 0. The highest BCUT2D eigenvalue weighted by Gasteiger charge is 2.17. The van der Waals surface area contributed by atoms with Crippen LogP contribution in [0.4, 0.5) is 10.2 Å². The minimum Gasteiger partial charge on any atom is -0.382 e. The number of nitrogens with two attached hydrogens (primary N) is 1. The molecule has 100 valence electrons. The quantitative estimate of drug-likeness (QED) is 0.660. The Labute approximate surface area is 129 Å². The second-order valence-corrected chi connectivity index (χ2v) is 5.59. The van der Waals surface area contributed by atoms with Gasteiger partial charge in [0, 0.05) is 14.7 Å². The van der Waals surface area contributed by atoms with Gasteiger partial charge in [0.25, 0.3) is 0 Å². The Bertz CT molecular complexity index is 750. The molecule has 3 rings (SSSR count). The fraction of sp³-hybridized carbons (Fsp3) is 0. The molecule has 0 saturated carbocycles. The van der Waals surface area contributed by atoms with E-state index in [9.17, 15) is 4.39 Å². The number of benzene rings is 2. The number of H-pyrrole nitrogens is 1. The number of rotatable bonds is 2. The van der Waals surface area contributed by atoms with Gasteiger partial charge in [-0.25, -0.2) is 4.39 Å². The van der Waals surface area contributed by atoms with Crippen LogP contribution in [0.2, 0.25) is 0 Å². The van der Waals surface area contributed by atoms with Crippen molar-refractivity contribution in [2.75, 3.05) is 5.73 Å². The topological polar surface area (TPSA) is 54.7 Å². The van der Waals surface area contributed by atoms with Crippen LogP contribution < -0.4 is 5.73 Å². The lowest BCUT2D eigenvalue weighted by Gasteiger charge is -2.06. The molecule has 0 atom stereocenters. The Morgan fingerprint density at radius 2 is 1.75 bits per heavy atom. The molecule has 0 aliphatic rings. The molecule has 3 aromatic rings. The molecule has 0 aliphatic carbocycles. The summed E-state index contributed by atoms with van der Waals surface area (Å²) < 4.78 is 15.1. The van der Waals surface area contributed by atoms with Crippen molar-refractivity contribution in [3.05, 3.63) is 57.9 Å². The first kappa shape index (κ1) is 13.1. The lowest BCUT2D eigenvalue weighted by molar-refractivity contribution is 0.631. The third kappa shape index (κ3) is 2.29. The highest BCUT2D eigenvalue weighted by molar-refractivity contribution is 14.1. The van der Waals surface area contributed by atoms with Crippen molar-refractivity contribution >= 4 is 28.4 Å². The molecule has 0 aliphatic heterocycles. The number of aromatic nitrogens is 2. The van der Waals surface area contributed by atoms with Crippen LogP contribution in [0.1, 0.15) is 0 Å². The molecule has 0 fully saturated rings. The Kier molecular flexibility index (Phi) is 3.43. The summed E-state index contributed by atoms with van der Waals surface area (Å²) >= 11 is 2.24. The van der Waals surface area contributed by atoms with Crippen molar-refractivity contribution in [3.8, 4) is 22.4 Å². The van der Waals surface area contributed by atoms with Crippen LogP contribution in [0.15, 0.2) is 48.5 Å². The van der Waals surface area contributed by atoms with Crippen molar-refractivity contribution in [3.63, 3.8) is 0 Å². The average molecular weight is 379 g/mol. The normalized spacial score (nSPS) is 10.7. The van der Waals surface area contributed by atoms with Crippen LogP contribution in [0.3, 0.4) is 0 Å². The lowest BCUT2D eigenvalue weighted by atomic mass is 10.0. The van der Waals surface area contributed by atoms with Crippen molar-refractivity contribution in [2.45, 2.75) is 0 Å². The first-order valence-electron chi connectivity index (χ1n) is 6.01. The van der Waals surface area contributed by atoms with Gasteiger partial charge < -0.3 is 5.73 Å². The van der Waals surface area contributed by atoms with Gasteiger partial charge in [-0.1, -0.05) is 30.3 Å². The van der Waals surface area contributed by atoms with Crippen LogP contribution in [0, 0.1) is 9.39 Å². The zero-order valence-corrected chi connectivity index (χ0v) is 12.6. The molecule has 0 radical (unpaired) electrons. The molecule has 0 amide bonds. The molecule has 0 unspecified atom stereocenters. The summed E-state index contributed by atoms with van der Waals surface area (Å²) in [5.41, 5.74) is 8.60. The third-order valence-electron chi connectivity index (χ3n) is 3.07. The molecular formula is C15H11FIN3. The molecule has 0 saturated heterocycles. The van der Waals surface area contributed by atoms with Gasteiger partial charge in [0.2, 0.25) is 0 Å². The smallest absolute Gasteiger partial charge is 0.153 e. The van der Waals surface area contributed by atoms with Crippen LogP contribution in [-0.2, 0) is 0 Å². The van der Waals surface area contributed by atoms with E-state index in [-0.39, 0.29) is 5.82 Å². The number of anilines is 1. The molecule has 1 heterocycles. The predicted molar refractivity (Wildman–Crippen MR) is 86.5 cm³/mol. The first-order valence-corrected chi connectivity index (χ1v) is 7.09. The summed E-state index contributed by atoms with van der Waals surface area (Å²) in [7, 11) is 0. The Morgan fingerprint density at radius 3 is 2.45 bits per heavy atom. The zero-order chi connectivity index (χ0) is 14.1. The van der Waals surface area contributed by atoms with Crippen molar-refractivity contribution < 1.29 is 4.39 Å². The number of halogens is 2. The van der Waals surface area contributed by atoms with Crippen LogP contribution in [0.25, 0.3) is 22.4 Å². The fourth-order valence-electron chi connectivity index (χ4n) is 2.12. The Hall–Kier alpha value is -1.89. The predicted octanol–water partition coefficient (Wildman–Crippen LogP) is 4.07. The summed E-state index contributed by atoms with van der Waals surface area (Å²) in [4.78, 5) is 0. The molecule has 5 heteroatoms. The van der Waals surface area contributed by atoms with Crippen LogP contribution >= 0.6 is 22.6 Å². The van der Waals surface area contributed by atoms with Crippen LogP contribution in [-0.4, -0.2) is 10.2 Å². The largest absolute Gasteiger partial charge is 0.382 e. The highest BCUT2D eigenvalue weighted by atomic mass is 127. The number of hydrogen-bond donors (Lipinski definition) is 2. The number of aromatic amines is 1. The Balaban J connectivity index is 2.20. The van der Waals surface area contributed by atoms with E-state index in [0.717, 1.165) is 14.8 Å². The minimum absolute atomic E-state index is 0.295. The molecule has 2 aromatic carbocycles. The van der Waals surface area contributed by atoms with E-state index in [1.54, 1.807) is 18.2 Å². The zero-order valence-electron chi connectivity index (χ0n) is 10.4. The molecular weight excluding hydrogens is 368 g/mol. The van der Waals surface area contributed by atoms with Crippen molar-refractivity contribution in [1.82, 2.24) is 10.2 Å². The van der Waals surface area contributed by atoms with Crippen LogP contribution in [0.5, 0.6) is 0 Å². The molecule has 20 heavy (non-hydrogen) atoms. The summed E-state index contributed by atoms with van der Waals surface area (Å²) in [5, 5.41) is 6.91. The standard InChI is InChI=1S/C15H11FIN3/c16-12-4-2-1-3-11(12)13-14(19-20-15(13)18)9-5-7-10(17)8-6-9/h1-8H,(H3,18,19,20). The van der Waals surface area contributed by atoms with Gasteiger partial charge >= 0.3 is 0 Å². The van der Waals surface area contributed by atoms with Gasteiger partial charge in [-0.05, 0) is 40.8 Å². The first-order chi connectivity index (χ1) is 9.66. The summed E-state index contributed by atoms with van der Waals surface area (Å²) in [6, 6.07) is 14.4. The minimum atomic E-state index is -0.313. The van der Waals surface area contributed by atoms with Crippen molar-refractivity contribution in [1.29, 1.82) is 0 Å². The van der Waals surface area contributed by atoms with Gasteiger partial charge in [-0.15, -0.1) is 0 Å². The number of nitrogens with zero attached hydrogens (tertiary/aromatic N) is 1. The average Bonchev–Trinajstić information content (AvgIpc) is 2.82. The second kappa shape index (κ2) is 5.24. The second-order valence-electron chi connectivity index (χ2n) is 4.35. The molecule has 3 N–H and O–H groups in total. The number of nitrogen functional groups attached to an aromatic ring is 1. The van der Waals surface area contributed by atoms with Gasteiger partial charge in [-0.3, -0.25) is 5.10 Å². The van der Waals surface area contributed by atoms with E-state index in [1.165, 1.54) is 6.07 Å². The van der Waals surface area contributed by atoms with Crippen molar-refractivity contribution in [2.24, 2.45) is 0 Å². The van der Waals surface area contributed by atoms with Gasteiger partial charge in [0.15, 0.2) is 5.82 Å². The van der Waals surface area contributed by atoms with E-state index in [4.69, 9.17) is 5.73 Å². The number of nitrogens with one attached hydrogen (secondary N) is 1. The van der Waals surface area contributed by atoms with Gasteiger partial charge in [-0.2, -0.15) is 5.10 Å². The summed E-state index contributed by atoms with van der Waals surface area (Å²) in [5.74, 6) is -0.0176. The molecule has 1 aromatic heterocycles. The van der Waals surface area contributed by atoms with E-state index >= 15 is 0 Å². The number of hydrogen-bond acceptors (Lipinski definition) is 2. The SMILES string of the molecule is Nc1n[nH]c(-c2ccc(I)cc2)c1-c1ccccc1F. The van der Waals surface area contributed by atoms with Gasteiger partial charge in [0.1, 0.15) is 5.82 Å². The maximum atomic E-state index is 14.0. The molecule has 0 bridgehead atoms. The molecule has 0 spiro atoms. The maximum absolute atomic E-state index is 14.0.